The molecule has 0 bridgehead atoms. The molecule has 0 radical (unpaired) electrons. The normalized spacial score (nSPS) is 16.0. The van der Waals surface area contributed by atoms with E-state index in [-0.39, 0.29) is 17.8 Å². The highest BCUT2D eigenvalue weighted by molar-refractivity contribution is 6.36. The van der Waals surface area contributed by atoms with Crippen LogP contribution in [0.4, 0.5) is 4.39 Å². The van der Waals surface area contributed by atoms with Crippen molar-refractivity contribution in [3.05, 3.63) is 69.5 Å². The highest BCUT2D eigenvalue weighted by Gasteiger charge is 2.24. The standard InChI is InChI=1S/C19H19Cl2FN2O/c20-14-5-8-16(17(21)11-14)19(25)23-12-18(24-9-1-2-10-24)13-3-6-15(22)7-4-13/h3-8,11,18H,1-2,9-10,12H2,(H,23,25). The molecule has 1 unspecified atom stereocenters. The van der Waals surface area contributed by atoms with Crippen molar-refractivity contribution in [3.8, 4) is 0 Å². The van der Waals surface area contributed by atoms with Gasteiger partial charge in [0.05, 0.1) is 16.6 Å². The molecule has 132 valence electrons. The zero-order valence-corrected chi connectivity index (χ0v) is 15.2. The molecule has 1 N–H and O–H groups in total. The van der Waals surface area contributed by atoms with E-state index >= 15 is 0 Å². The van der Waals surface area contributed by atoms with Gasteiger partial charge in [-0.15, -0.1) is 0 Å². The molecule has 1 saturated heterocycles. The van der Waals surface area contributed by atoms with Gasteiger partial charge in [-0.25, -0.2) is 4.39 Å². The summed E-state index contributed by atoms with van der Waals surface area (Å²) in [5.41, 5.74) is 1.39. The van der Waals surface area contributed by atoms with Crippen LogP contribution in [0.25, 0.3) is 0 Å². The number of carbonyl (C=O) groups excluding carboxylic acids is 1. The molecule has 3 nitrogen and oxygen atoms in total. The summed E-state index contributed by atoms with van der Waals surface area (Å²) < 4.78 is 13.2. The number of hydrogen-bond acceptors (Lipinski definition) is 2. The number of hydrogen-bond donors (Lipinski definition) is 1. The van der Waals surface area contributed by atoms with E-state index in [1.54, 1.807) is 30.3 Å². The van der Waals surface area contributed by atoms with Crippen LogP contribution in [0.1, 0.15) is 34.8 Å². The molecule has 2 aromatic carbocycles. The number of halogens is 3. The van der Waals surface area contributed by atoms with Crippen LogP contribution >= 0.6 is 23.2 Å². The van der Waals surface area contributed by atoms with Crippen molar-refractivity contribution < 1.29 is 9.18 Å². The predicted molar refractivity (Wildman–Crippen MR) is 98.7 cm³/mol. The van der Waals surface area contributed by atoms with Gasteiger partial charge >= 0.3 is 0 Å². The zero-order valence-electron chi connectivity index (χ0n) is 13.6. The number of nitrogens with zero attached hydrogens (tertiary/aromatic N) is 1. The first-order chi connectivity index (χ1) is 12.0. The van der Waals surface area contributed by atoms with Gasteiger partial charge in [-0.3, -0.25) is 9.69 Å². The first-order valence-corrected chi connectivity index (χ1v) is 9.03. The average Bonchev–Trinajstić information content (AvgIpc) is 3.10. The van der Waals surface area contributed by atoms with Crippen LogP contribution in [0.15, 0.2) is 42.5 Å². The molecule has 0 spiro atoms. The number of amides is 1. The van der Waals surface area contributed by atoms with Gasteiger partial charge in [0.25, 0.3) is 5.91 Å². The molecule has 0 aliphatic carbocycles. The second kappa shape index (κ2) is 8.17. The smallest absolute Gasteiger partial charge is 0.252 e. The van der Waals surface area contributed by atoms with E-state index in [0.29, 0.717) is 22.2 Å². The fourth-order valence-electron chi connectivity index (χ4n) is 3.15. The number of benzene rings is 2. The summed E-state index contributed by atoms with van der Waals surface area (Å²) in [6.07, 6.45) is 2.27. The van der Waals surface area contributed by atoms with Gasteiger partial charge < -0.3 is 5.32 Å². The fraction of sp³-hybridized carbons (Fsp3) is 0.316. The topological polar surface area (TPSA) is 32.3 Å². The molecule has 3 rings (SSSR count). The molecule has 25 heavy (non-hydrogen) atoms. The molecule has 0 saturated carbocycles. The van der Waals surface area contributed by atoms with Gasteiger partial charge in [0.1, 0.15) is 5.82 Å². The molecule has 1 atom stereocenters. The summed E-state index contributed by atoms with van der Waals surface area (Å²) in [6.45, 7) is 2.38. The van der Waals surface area contributed by atoms with Gasteiger partial charge in [0, 0.05) is 11.6 Å². The van der Waals surface area contributed by atoms with Crippen LogP contribution in [0.3, 0.4) is 0 Å². The lowest BCUT2D eigenvalue weighted by Gasteiger charge is -2.28. The molecule has 1 fully saturated rings. The molecule has 1 aliphatic rings. The highest BCUT2D eigenvalue weighted by atomic mass is 35.5. The first kappa shape index (κ1) is 18.2. The van der Waals surface area contributed by atoms with E-state index < -0.39 is 0 Å². The lowest BCUT2D eigenvalue weighted by atomic mass is 10.1. The summed E-state index contributed by atoms with van der Waals surface area (Å²) in [5, 5.41) is 3.76. The zero-order chi connectivity index (χ0) is 17.8. The van der Waals surface area contributed by atoms with Crippen molar-refractivity contribution in [1.29, 1.82) is 0 Å². The maximum absolute atomic E-state index is 13.2. The monoisotopic (exact) mass is 380 g/mol. The lowest BCUT2D eigenvalue weighted by Crippen LogP contribution is -2.36. The third-order valence-electron chi connectivity index (χ3n) is 4.47. The Kier molecular flexibility index (Phi) is 5.94. The van der Waals surface area contributed by atoms with Crippen molar-refractivity contribution in [2.24, 2.45) is 0 Å². The average molecular weight is 381 g/mol. The van der Waals surface area contributed by atoms with Crippen LogP contribution in [-0.2, 0) is 0 Å². The number of nitrogens with one attached hydrogen (secondary N) is 1. The molecule has 0 aromatic heterocycles. The second-order valence-electron chi connectivity index (χ2n) is 6.14. The summed E-state index contributed by atoms with van der Waals surface area (Å²) in [6, 6.07) is 11.3. The van der Waals surface area contributed by atoms with Crippen molar-refractivity contribution in [2.75, 3.05) is 19.6 Å². The highest BCUT2D eigenvalue weighted by Crippen LogP contribution is 2.25. The van der Waals surface area contributed by atoms with Crippen LogP contribution in [-0.4, -0.2) is 30.4 Å². The van der Waals surface area contributed by atoms with Gasteiger partial charge in [-0.2, -0.15) is 0 Å². The summed E-state index contributed by atoms with van der Waals surface area (Å²) in [5.74, 6) is -0.506. The van der Waals surface area contributed by atoms with E-state index in [1.165, 1.54) is 12.1 Å². The Morgan fingerprint density at radius 2 is 1.80 bits per heavy atom. The molecule has 1 heterocycles. The Bertz CT molecular complexity index is 746. The quantitative estimate of drug-likeness (QED) is 0.814. The minimum Gasteiger partial charge on any atom is -0.350 e. The SMILES string of the molecule is O=C(NCC(c1ccc(F)cc1)N1CCCC1)c1ccc(Cl)cc1Cl. The van der Waals surface area contributed by atoms with E-state index in [2.05, 4.69) is 10.2 Å². The summed E-state index contributed by atoms with van der Waals surface area (Å²) in [4.78, 5) is 14.8. The minimum absolute atomic E-state index is 0.0122. The van der Waals surface area contributed by atoms with Gasteiger partial charge in [-0.05, 0) is 61.8 Å². The maximum atomic E-state index is 13.2. The largest absolute Gasteiger partial charge is 0.350 e. The van der Waals surface area contributed by atoms with Crippen molar-refractivity contribution >= 4 is 29.1 Å². The maximum Gasteiger partial charge on any atom is 0.252 e. The summed E-state index contributed by atoms with van der Waals surface area (Å²) >= 11 is 12.0. The number of likely N-dealkylation sites (tertiary alicyclic amines) is 1. The molecule has 2 aromatic rings. The van der Waals surface area contributed by atoms with Gasteiger partial charge in [0.15, 0.2) is 0 Å². The van der Waals surface area contributed by atoms with Crippen molar-refractivity contribution in [2.45, 2.75) is 18.9 Å². The van der Waals surface area contributed by atoms with Gasteiger partial charge in [-0.1, -0.05) is 35.3 Å². The van der Waals surface area contributed by atoms with Crippen molar-refractivity contribution in [3.63, 3.8) is 0 Å². The Morgan fingerprint density at radius 1 is 1.12 bits per heavy atom. The van der Waals surface area contributed by atoms with Crippen LogP contribution in [0.5, 0.6) is 0 Å². The van der Waals surface area contributed by atoms with E-state index in [0.717, 1.165) is 31.5 Å². The van der Waals surface area contributed by atoms with E-state index in [1.807, 2.05) is 0 Å². The lowest BCUT2D eigenvalue weighted by molar-refractivity contribution is 0.0938. The molecular formula is C19H19Cl2FN2O. The first-order valence-electron chi connectivity index (χ1n) is 8.27. The minimum atomic E-state index is -0.263. The van der Waals surface area contributed by atoms with Crippen LogP contribution < -0.4 is 5.32 Å². The predicted octanol–water partition coefficient (Wildman–Crippen LogP) is 4.70. The third-order valence-corrected chi connectivity index (χ3v) is 5.02. The molecule has 1 aliphatic heterocycles. The van der Waals surface area contributed by atoms with Gasteiger partial charge in [0.2, 0.25) is 0 Å². The fourth-order valence-corrected chi connectivity index (χ4v) is 3.65. The summed E-state index contributed by atoms with van der Waals surface area (Å²) in [7, 11) is 0. The van der Waals surface area contributed by atoms with Crippen molar-refractivity contribution in [1.82, 2.24) is 10.2 Å². The van der Waals surface area contributed by atoms with Crippen LogP contribution in [0.2, 0.25) is 10.0 Å². The Balaban J connectivity index is 1.73. The molecular weight excluding hydrogens is 362 g/mol. The number of carbonyl (C=O) groups is 1. The van der Waals surface area contributed by atoms with E-state index in [4.69, 9.17) is 23.2 Å². The Morgan fingerprint density at radius 3 is 2.44 bits per heavy atom. The number of rotatable bonds is 5. The van der Waals surface area contributed by atoms with E-state index in [9.17, 15) is 9.18 Å². The Labute approximate surface area is 156 Å². The van der Waals surface area contributed by atoms with Crippen LogP contribution in [0, 0.1) is 5.82 Å². The second-order valence-corrected chi connectivity index (χ2v) is 6.99. The molecule has 6 heteroatoms. The molecule has 1 amide bonds. The Hall–Kier alpha value is -1.62. The third kappa shape index (κ3) is 4.51.